The van der Waals surface area contributed by atoms with Crippen molar-refractivity contribution in [1.82, 2.24) is 9.21 Å². The number of aryl methyl sites for hydroxylation is 1. The van der Waals surface area contributed by atoms with Crippen LogP contribution < -0.4 is 0 Å². The van der Waals surface area contributed by atoms with Crippen molar-refractivity contribution < 1.29 is 8.42 Å². The standard InChI is InChI=1S/C13H19ClN2O2S/c1-12-2-4-13(5-3-12)19(17,18)16-10-8-15(7-6-14)9-11-16/h2-5H,6-11H2,1H3. The Kier molecular flexibility index (Phi) is 4.84. The van der Waals surface area contributed by atoms with Crippen LogP contribution in [0.2, 0.25) is 0 Å². The molecule has 0 radical (unpaired) electrons. The molecule has 1 aromatic carbocycles. The average molecular weight is 303 g/mol. The van der Waals surface area contributed by atoms with Gasteiger partial charge in [-0.1, -0.05) is 17.7 Å². The summed E-state index contributed by atoms with van der Waals surface area (Å²) in [5.41, 5.74) is 1.06. The summed E-state index contributed by atoms with van der Waals surface area (Å²) in [5.74, 6) is 0.588. The summed E-state index contributed by atoms with van der Waals surface area (Å²) in [6.45, 7) is 5.33. The molecule has 19 heavy (non-hydrogen) atoms. The van der Waals surface area contributed by atoms with Crippen molar-refractivity contribution >= 4 is 21.6 Å². The molecule has 4 nitrogen and oxygen atoms in total. The molecule has 6 heteroatoms. The molecule has 1 fully saturated rings. The van der Waals surface area contributed by atoms with E-state index in [1.54, 1.807) is 16.4 Å². The van der Waals surface area contributed by atoms with E-state index in [2.05, 4.69) is 4.90 Å². The lowest BCUT2D eigenvalue weighted by molar-refractivity contribution is 0.197. The molecule has 0 atom stereocenters. The Balaban J connectivity index is 2.07. The van der Waals surface area contributed by atoms with Crippen LogP contribution in [0.4, 0.5) is 0 Å². The SMILES string of the molecule is Cc1ccc(S(=O)(=O)N2CCN(CCCl)CC2)cc1. The van der Waals surface area contributed by atoms with Gasteiger partial charge in [0.15, 0.2) is 0 Å². The molecule has 0 spiro atoms. The van der Waals surface area contributed by atoms with E-state index in [0.717, 1.165) is 25.2 Å². The molecule has 1 heterocycles. The Hall–Kier alpha value is -0.620. The van der Waals surface area contributed by atoms with Crippen LogP contribution in [0.3, 0.4) is 0 Å². The minimum atomic E-state index is -3.34. The first-order valence-electron chi connectivity index (χ1n) is 6.39. The van der Waals surface area contributed by atoms with Gasteiger partial charge in [0.25, 0.3) is 0 Å². The maximum Gasteiger partial charge on any atom is 0.243 e. The summed E-state index contributed by atoms with van der Waals surface area (Å²) < 4.78 is 26.4. The second kappa shape index (κ2) is 6.22. The normalized spacial score (nSPS) is 18.6. The Bertz CT molecular complexity index is 508. The van der Waals surface area contributed by atoms with Gasteiger partial charge in [0.1, 0.15) is 0 Å². The first-order chi connectivity index (χ1) is 9.04. The Morgan fingerprint density at radius 1 is 1.11 bits per heavy atom. The van der Waals surface area contributed by atoms with Gasteiger partial charge in [0.05, 0.1) is 4.90 Å². The number of alkyl halides is 1. The fourth-order valence-electron chi connectivity index (χ4n) is 2.17. The molecular weight excluding hydrogens is 284 g/mol. The maximum atomic E-state index is 12.4. The van der Waals surface area contributed by atoms with Crippen molar-refractivity contribution in [3.63, 3.8) is 0 Å². The van der Waals surface area contributed by atoms with Gasteiger partial charge in [0.2, 0.25) is 10.0 Å². The number of hydrogen-bond acceptors (Lipinski definition) is 3. The van der Waals surface area contributed by atoms with Gasteiger partial charge in [-0.25, -0.2) is 8.42 Å². The molecule has 0 aliphatic carbocycles. The molecule has 0 unspecified atom stereocenters. The largest absolute Gasteiger partial charge is 0.300 e. The van der Waals surface area contributed by atoms with Gasteiger partial charge >= 0.3 is 0 Å². The lowest BCUT2D eigenvalue weighted by Crippen LogP contribution is -2.48. The molecule has 1 aliphatic rings. The predicted octanol–water partition coefficient (Wildman–Crippen LogP) is 1.54. The Morgan fingerprint density at radius 3 is 2.21 bits per heavy atom. The first-order valence-corrected chi connectivity index (χ1v) is 8.36. The van der Waals surface area contributed by atoms with Gasteiger partial charge in [-0.3, -0.25) is 4.90 Å². The van der Waals surface area contributed by atoms with Crippen LogP contribution >= 0.6 is 11.6 Å². The highest BCUT2D eigenvalue weighted by Crippen LogP contribution is 2.18. The van der Waals surface area contributed by atoms with E-state index in [-0.39, 0.29) is 0 Å². The summed E-state index contributed by atoms with van der Waals surface area (Å²) in [6.07, 6.45) is 0. The van der Waals surface area contributed by atoms with Crippen LogP contribution in [0.5, 0.6) is 0 Å². The molecule has 0 aromatic heterocycles. The summed E-state index contributed by atoms with van der Waals surface area (Å²) in [6, 6.07) is 7.01. The maximum absolute atomic E-state index is 12.4. The van der Waals surface area contributed by atoms with Crippen LogP contribution in [0, 0.1) is 6.92 Å². The van der Waals surface area contributed by atoms with Crippen LogP contribution in [0.15, 0.2) is 29.2 Å². The van der Waals surface area contributed by atoms with Gasteiger partial charge in [-0.2, -0.15) is 4.31 Å². The lowest BCUT2D eigenvalue weighted by Gasteiger charge is -2.33. The van der Waals surface area contributed by atoms with Gasteiger partial charge in [-0.05, 0) is 19.1 Å². The third-order valence-corrected chi connectivity index (χ3v) is 5.47. The van der Waals surface area contributed by atoms with Crippen LogP contribution in [-0.4, -0.2) is 56.2 Å². The zero-order chi connectivity index (χ0) is 13.9. The second-order valence-corrected chi connectivity index (χ2v) is 7.06. The molecule has 2 rings (SSSR count). The fourth-order valence-corrected chi connectivity index (χ4v) is 3.83. The first kappa shape index (κ1) is 14.8. The van der Waals surface area contributed by atoms with E-state index in [1.807, 2.05) is 19.1 Å². The van der Waals surface area contributed by atoms with E-state index >= 15 is 0 Å². The molecule has 106 valence electrons. The quantitative estimate of drug-likeness (QED) is 0.792. The summed E-state index contributed by atoms with van der Waals surface area (Å²) in [5, 5.41) is 0. The van der Waals surface area contributed by atoms with Crippen molar-refractivity contribution in [1.29, 1.82) is 0 Å². The molecule has 1 aromatic rings. The molecule has 1 saturated heterocycles. The third kappa shape index (κ3) is 3.48. The van der Waals surface area contributed by atoms with Crippen LogP contribution in [0.25, 0.3) is 0 Å². The number of sulfonamides is 1. The van der Waals surface area contributed by atoms with E-state index < -0.39 is 10.0 Å². The summed E-state index contributed by atoms with van der Waals surface area (Å²) in [7, 11) is -3.34. The third-order valence-electron chi connectivity index (χ3n) is 3.39. The monoisotopic (exact) mass is 302 g/mol. The van der Waals surface area contributed by atoms with Gasteiger partial charge < -0.3 is 0 Å². The number of rotatable bonds is 4. The Labute approximate surface area is 120 Å². The summed E-state index contributed by atoms with van der Waals surface area (Å²) >= 11 is 5.70. The van der Waals surface area contributed by atoms with E-state index in [1.165, 1.54) is 0 Å². The molecule has 0 saturated carbocycles. The van der Waals surface area contributed by atoms with Crippen molar-refractivity contribution in [2.75, 3.05) is 38.6 Å². The van der Waals surface area contributed by atoms with E-state index in [0.29, 0.717) is 23.9 Å². The molecule has 0 bridgehead atoms. The molecular formula is C13H19ClN2O2S. The minimum Gasteiger partial charge on any atom is -0.300 e. The highest BCUT2D eigenvalue weighted by Gasteiger charge is 2.27. The van der Waals surface area contributed by atoms with E-state index in [9.17, 15) is 8.42 Å². The number of piperazine rings is 1. The molecule has 0 N–H and O–H groups in total. The van der Waals surface area contributed by atoms with Gasteiger partial charge in [-0.15, -0.1) is 11.6 Å². The number of nitrogens with zero attached hydrogens (tertiary/aromatic N) is 2. The smallest absolute Gasteiger partial charge is 0.243 e. The Morgan fingerprint density at radius 2 is 1.68 bits per heavy atom. The van der Waals surface area contributed by atoms with Crippen LogP contribution in [0.1, 0.15) is 5.56 Å². The minimum absolute atomic E-state index is 0.379. The van der Waals surface area contributed by atoms with Crippen molar-refractivity contribution in [2.24, 2.45) is 0 Å². The molecule has 1 aliphatic heterocycles. The zero-order valence-corrected chi connectivity index (χ0v) is 12.6. The number of halogens is 1. The highest BCUT2D eigenvalue weighted by molar-refractivity contribution is 7.89. The molecule has 0 amide bonds. The number of benzene rings is 1. The van der Waals surface area contributed by atoms with Crippen molar-refractivity contribution in [2.45, 2.75) is 11.8 Å². The number of hydrogen-bond donors (Lipinski definition) is 0. The fraction of sp³-hybridized carbons (Fsp3) is 0.538. The zero-order valence-electron chi connectivity index (χ0n) is 11.0. The predicted molar refractivity (Wildman–Crippen MR) is 77.1 cm³/mol. The second-order valence-electron chi connectivity index (χ2n) is 4.75. The van der Waals surface area contributed by atoms with Crippen LogP contribution in [-0.2, 0) is 10.0 Å². The highest BCUT2D eigenvalue weighted by atomic mass is 35.5. The average Bonchev–Trinajstić information content (AvgIpc) is 2.40. The summed E-state index contributed by atoms with van der Waals surface area (Å²) in [4.78, 5) is 2.57. The topological polar surface area (TPSA) is 40.6 Å². The van der Waals surface area contributed by atoms with Gasteiger partial charge in [0, 0.05) is 38.6 Å². The van der Waals surface area contributed by atoms with E-state index in [4.69, 9.17) is 11.6 Å². The lowest BCUT2D eigenvalue weighted by atomic mass is 10.2. The van der Waals surface area contributed by atoms with Crippen molar-refractivity contribution in [3.05, 3.63) is 29.8 Å². The van der Waals surface area contributed by atoms with Crippen molar-refractivity contribution in [3.8, 4) is 0 Å².